The van der Waals surface area contributed by atoms with E-state index >= 15 is 0 Å². The number of anilines is 1. The van der Waals surface area contributed by atoms with Crippen molar-refractivity contribution in [3.8, 4) is 6.07 Å². The Bertz CT molecular complexity index is 793. The summed E-state index contributed by atoms with van der Waals surface area (Å²) in [5, 5.41) is 20.3. The van der Waals surface area contributed by atoms with E-state index in [1.54, 1.807) is 13.0 Å². The summed E-state index contributed by atoms with van der Waals surface area (Å²) in [6, 6.07) is 13.3. The molecule has 1 heterocycles. The molecule has 0 unspecified atom stereocenters. The number of hydrogen-bond acceptors (Lipinski definition) is 4. The monoisotopic (exact) mass is 293 g/mol. The molecule has 2 aromatic rings. The molecule has 3 rings (SSSR count). The molecule has 0 atom stereocenters. The number of nitrogens with zero attached hydrogens (tertiary/aromatic N) is 3. The summed E-state index contributed by atoms with van der Waals surface area (Å²) in [6.45, 7) is 3.25. The van der Waals surface area contributed by atoms with E-state index in [1.807, 2.05) is 18.2 Å². The van der Waals surface area contributed by atoms with Crippen molar-refractivity contribution >= 4 is 11.4 Å². The maximum atomic E-state index is 11.2. The first kappa shape index (κ1) is 14.1. The molecule has 0 amide bonds. The molecule has 0 fully saturated rings. The van der Waals surface area contributed by atoms with Gasteiger partial charge in [-0.2, -0.15) is 5.26 Å². The van der Waals surface area contributed by atoms with E-state index in [1.165, 1.54) is 17.2 Å². The van der Waals surface area contributed by atoms with Gasteiger partial charge in [0, 0.05) is 24.8 Å². The molecule has 0 N–H and O–H groups in total. The van der Waals surface area contributed by atoms with Gasteiger partial charge >= 0.3 is 0 Å². The van der Waals surface area contributed by atoms with Crippen molar-refractivity contribution in [2.75, 3.05) is 11.4 Å². The third-order valence-electron chi connectivity index (χ3n) is 4.15. The van der Waals surface area contributed by atoms with Gasteiger partial charge in [0.1, 0.15) is 0 Å². The molecular weight excluding hydrogens is 278 g/mol. The van der Waals surface area contributed by atoms with Crippen LogP contribution in [0.3, 0.4) is 0 Å². The number of nitro benzene ring substituents is 1. The van der Waals surface area contributed by atoms with Crippen molar-refractivity contribution in [2.24, 2.45) is 0 Å². The van der Waals surface area contributed by atoms with Gasteiger partial charge in [-0.25, -0.2) is 0 Å². The van der Waals surface area contributed by atoms with Crippen molar-refractivity contribution < 1.29 is 4.92 Å². The maximum Gasteiger partial charge on any atom is 0.275 e. The van der Waals surface area contributed by atoms with Gasteiger partial charge in [-0.15, -0.1) is 0 Å². The Morgan fingerprint density at radius 3 is 2.68 bits per heavy atom. The SMILES string of the molecule is Cc1c(N2CCc3ccccc3C2)cc(C#N)cc1[N+](=O)[O-]. The highest BCUT2D eigenvalue weighted by atomic mass is 16.6. The van der Waals surface area contributed by atoms with Crippen LogP contribution >= 0.6 is 0 Å². The lowest BCUT2D eigenvalue weighted by molar-refractivity contribution is -0.385. The van der Waals surface area contributed by atoms with Crippen molar-refractivity contribution in [3.63, 3.8) is 0 Å². The molecule has 2 aromatic carbocycles. The fourth-order valence-corrected chi connectivity index (χ4v) is 2.97. The Morgan fingerprint density at radius 2 is 2.00 bits per heavy atom. The lowest BCUT2D eigenvalue weighted by atomic mass is 9.98. The summed E-state index contributed by atoms with van der Waals surface area (Å²) in [5.74, 6) is 0. The maximum absolute atomic E-state index is 11.2. The van der Waals surface area contributed by atoms with E-state index in [-0.39, 0.29) is 5.69 Å². The summed E-state index contributed by atoms with van der Waals surface area (Å²) in [7, 11) is 0. The second-order valence-electron chi connectivity index (χ2n) is 5.45. The number of nitriles is 1. The van der Waals surface area contributed by atoms with Gasteiger partial charge in [-0.1, -0.05) is 24.3 Å². The highest BCUT2D eigenvalue weighted by Gasteiger charge is 2.23. The molecule has 0 saturated heterocycles. The van der Waals surface area contributed by atoms with E-state index in [0.717, 1.165) is 18.7 Å². The number of rotatable bonds is 2. The average molecular weight is 293 g/mol. The zero-order valence-electron chi connectivity index (χ0n) is 12.2. The Labute approximate surface area is 128 Å². The molecule has 0 saturated carbocycles. The van der Waals surface area contributed by atoms with E-state index in [0.29, 0.717) is 17.7 Å². The molecule has 0 aromatic heterocycles. The van der Waals surface area contributed by atoms with Crippen LogP contribution in [-0.2, 0) is 13.0 Å². The number of hydrogen-bond donors (Lipinski definition) is 0. The number of nitro groups is 1. The normalized spacial score (nSPS) is 13.4. The number of benzene rings is 2. The summed E-state index contributed by atoms with van der Waals surface area (Å²) >= 11 is 0. The zero-order chi connectivity index (χ0) is 15.7. The molecule has 5 nitrogen and oxygen atoms in total. The quantitative estimate of drug-likeness (QED) is 0.629. The van der Waals surface area contributed by atoms with Gasteiger partial charge in [0.05, 0.1) is 22.1 Å². The molecule has 5 heteroatoms. The molecule has 1 aliphatic rings. The van der Waals surface area contributed by atoms with Gasteiger partial charge in [-0.3, -0.25) is 10.1 Å². The summed E-state index contributed by atoms with van der Waals surface area (Å²) in [4.78, 5) is 12.9. The fourth-order valence-electron chi connectivity index (χ4n) is 2.97. The summed E-state index contributed by atoms with van der Waals surface area (Å²) in [5.41, 5.74) is 4.28. The minimum Gasteiger partial charge on any atom is -0.366 e. The second kappa shape index (κ2) is 5.49. The topological polar surface area (TPSA) is 70.2 Å². The molecule has 22 heavy (non-hydrogen) atoms. The molecule has 0 spiro atoms. The van der Waals surface area contributed by atoms with Crippen molar-refractivity contribution in [3.05, 3.63) is 68.8 Å². The Morgan fingerprint density at radius 1 is 1.27 bits per heavy atom. The van der Waals surface area contributed by atoms with Crippen LogP contribution in [-0.4, -0.2) is 11.5 Å². The van der Waals surface area contributed by atoms with Crippen molar-refractivity contribution in [1.29, 1.82) is 5.26 Å². The lowest BCUT2D eigenvalue weighted by Gasteiger charge is -2.31. The number of fused-ring (bicyclic) bond motifs is 1. The van der Waals surface area contributed by atoms with Crippen LogP contribution in [0.4, 0.5) is 11.4 Å². The third kappa shape index (κ3) is 2.40. The van der Waals surface area contributed by atoms with Crippen LogP contribution < -0.4 is 4.90 Å². The van der Waals surface area contributed by atoms with Crippen molar-refractivity contribution in [1.82, 2.24) is 0 Å². The predicted octanol–water partition coefficient (Wildman–Crippen LogP) is 3.34. The first-order valence-electron chi connectivity index (χ1n) is 7.11. The first-order chi connectivity index (χ1) is 10.6. The summed E-state index contributed by atoms with van der Waals surface area (Å²) < 4.78 is 0. The Kier molecular flexibility index (Phi) is 3.51. The first-order valence-corrected chi connectivity index (χ1v) is 7.11. The molecule has 1 aliphatic heterocycles. The van der Waals surface area contributed by atoms with Gasteiger partial charge in [0.15, 0.2) is 0 Å². The molecule has 0 bridgehead atoms. The average Bonchev–Trinajstić information content (AvgIpc) is 2.54. The fraction of sp³-hybridized carbons (Fsp3) is 0.235. The third-order valence-corrected chi connectivity index (χ3v) is 4.15. The predicted molar refractivity (Wildman–Crippen MR) is 83.7 cm³/mol. The Hall–Kier alpha value is -2.87. The highest BCUT2D eigenvalue weighted by Crippen LogP contribution is 2.33. The zero-order valence-corrected chi connectivity index (χ0v) is 12.2. The van der Waals surface area contributed by atoms with Gasteiger partial charge in [0.25, 0.3) is 5.69 Å². The molecule has 0 radical (unpaired) electrons. The van der Waals surface area contributed by atoms with Gasteiger partial charge < -0.3 is 4.90 Å². The molecule has 0 aliphatic carbocycles. The van der Waals surface area contributed by atoms with Crippen LogP contribution in [0.2, 0.25) is 0 Å². The lowest BCUT2D eigenvalue weighted by Crippen LogP contribution is -2.31. The molecular formula is C17H15N3O2. The van der Waals surface area contributed by atoms with E-state index < -0.39 is 4.92 Å². The van der Waals surface area contributed by atoms with Crippen LogP contribution in [0.1, 0.15) is 22.3 Å². The highest BCUT2D eigenvalue weighted by molar-refractivity contribution is 5.66. The van der Waals surface area contributed by atoms with E-state index in [9.17, 15) is 10.1 Å². The van der Waals surface area contributed by atoms with E-state index in [2.05, 4.69) is 17.0 Å². The van der Waals surface area contributed by atoms with Gasteiger partial charge in [0.2, 0.25) is 0 Å². The van der Waals surface area contributed by atoms with Crippen LogP contribution in [0.5, 0.6) is 0 Å². The van der Waals surface area contributed by atoms with Crippen LogP contribution in [0.25, 0.3) is 0 Å². The Balaban J connectivity index is 2.04. The molecule has 110 valence electrons. The minimum absolute atomic E-state index is 0.00732. The largest absolute Gasteiger partial charge is 0.366 e. The standard InChI is InChI=1S/C17H15N3O2/c1-12-16(8-13(10-18)9-17(12)20(21)22)19-7-6-14-4-2-3-5-15(14)11-19/h2-5,8-9H,6-7,11H2,1H3. The smallest absolute Gasteiger partial charge is 0.275 e. The minimum atomic E-state index is -0.419. The van der Waals surface area contributed by atoms with Gasteiger partial charge in [-0.05, 0) is 30.5 Å². The summed E-state index contributed by atoms with van der Waals surface area (Å²) in [6.07, 6.45) is 0.903. The van der Waals surface area contributed by atoms with Crippen molar-refractivity contribution in [2.45, 2.75) is 19.9 Å². The second-order valence-corrected chi connectivity index (χ2v) is 5.45. The van der Waals surface area contributed by atoms with E-state index in [4.69, 9.17) is 5.26 Å². The van der Waals surface area contributed by atoms with Crippen LogP contribution in [0.15, 0.2) is 36.4 Å². The van der Waals surface area contributed by atoms with Crippen LogP contribution in [0, 0.1) is 28.4 Å².